The fraction of sp³-hybridized carbons (Fsp3) is 0.188. The average molecular weight is 273 g/mol. The highest BCUT2D eigenvalue weighted by Gasteiger charge is 2.44. The lowest BCUT2D eigenvalue weighted by Gasteiger charge is -2.06. The van der Waals surface area contributed by atoms with Crippen molar-refractivity contribution in [3.8, 4) is 0 Å². The molecule has 1 saturated carbocycles. The van der Waals surface area contributed by atoms with E-state index < -0.39 is 5.82 Å². The van der Waals surface area contributed by atoms with E-state index in [4.69, 9.17) is 0 Å². The zero-order chi connectivity index (χ0) is 14.1. The number of rotatable bonds is 3. The largest absolute Gasteiger partial charge is 0.323 e. The standard InChI is InChI=1S/C16H13F2NO/c17-11-5-3-4-10(8-11)12-9-13(12)16(20)19-15-7-2-1-6-14(15)18/h1-8,12-13H,9H2,(H,19,20)/t12-,13+/m1/s1. The second-order valence-electron chi connectivity index (χ2n) is 4.97. The van der Waals surface area contributed by atoms with Crippen LogP contribution in [0, 0.1) is 17.6 Å². The molecule has 102 valence electrons. The highest BCUT2D eigenvalue weighted by Crippen LogP contribution is 2.48. The van der Waals surface area contributed by atoms with E-state index in [1.54, 1.807) is 18.2 Å². The van der Waals surface area contributed by atoms with E-state index in [-0.39, 0.29) is 29.2 Å². The maximum atomic E-state index is 13.4. The van der Waals surface area contributed by atoms with E-state index in [1.807, 2.05) is 6.07 Å². The smallest absolute Gasteiger partial charge is 0.228 e. The molecule has 1 amide bonds. The van der Waals surface area contributed by atoms with Crippen molar-refractivity contribution in [1.82, 2.24) is 0 Å². The Kier molecular flexibility index (Phi) is 3.22. The molecule has 2 nitrogen and oxygen atoms in total. The van der Waals surface area contributed by atoms with Crippen LogP contribution < -0.4 is 5.32 Å². The molecule has 0 aromatic heterocycles. The normalized spacial score (nSPS) is 20.5. The molecule has 0 radical (unpaired) electrons. The van der Waals surface area contributed by atoms with Gasteiger partial charge in [-0.15, -0.1) is 0 Å². The summed E-state index contributed by atoms with van der Waals surface area (Å²) in [6, 6.07) is 12.3. The molecular weight excluding hydrogens is 260 g/mol. The Hall–Kier alpha value is -2.23. The molecule has 3 rings (SSSR count). The van der Waals surface area contributed by atoms with Crippen molar-refractivity contribution in [3.05, 3.63) is 65.7 Å². The molecule has 0 heterocycles. The van der Waals surface area contributed by atoms with E-state index in [0.717, 1.165) is 5.56 Å². The van der Waals surface area contributed by atoms with Crippen LogP contribution in [0.4, 0.5) is 14.5 Å². The first-order valence-electron chi connectivity index (χ1n) is 6.46. The summed E-state index contributed by atoms with van der Waals surface area (Å²) >= 11 is 0. The van der Waals surface area contributed by atoms with Crippen molar-refractivity contribution in [3.63, 3.8) is 0 Å². The minimum Gasteiger partial charge on any atom is -0.323 e. The van der Waals surface area contributed by atoms with Gasteiger partial charge in [0.1, 0.15) is 11.6 Å². The summed E-state index contributed by atoms with van der Waals surface area (Å²) in [4.78, 5) is 12.0. The predicted octanol–water partition coefficient (Wildman–Crippen LogP) is 3.71. The Balaban J connectivity index is 1.68. The second-order valence-corrected chi connectivity index (χ2v) is 4.97. The lowest BCUT2D eigenvalue weighted by Crippen LogP contribution is -2.15. The molecular formula is C16H13F2NO. The number of benzene rings is 2. The first-order valence-corrected chi connectivity index (χ1v) is 6.46. The van der Waals surface area contributed by atoms with Crippen LogP contribution in [0.1, 0.15) is 17.9 Å². The SMILES string of the molecule is O=C(Nc1ccccc1F)[C@H]1C[C@@H]1c1cccc(F)c1. The number of halogens is 2. The lowest BCUT2D eigenvalue weighted by molar-refractivity contribution is -0.117. The highest BCUT2D eigenvalue weighted by atomic mass is 19.1. The van der Waals surface area contributed by atoms with Gasteiger partial charge in [0.2, 0.25) is 5.91 Å². The first-order chi connectivity index (χ1) is 9.65. The number of carbonyl (C=O) groups excluding carboxylic acids is 1. The molecule has 1 aliphatic carbocycles. The lowest BCUT2D eigenvalue weighted by atomic mass is 10.1. The number of amides is 1. The molecule has 2 aromatic carbocycles. The van der Waals surface area contributed by atoms with Gasteiger partial charge in [0, 0.05) is 5.92 Å². The van der Waals surface area contributed by atoms with Crippen LogP contribution in [-0.2, 0) is 4.79 Å². The molecule has 2 aromatic rings. The summed E-state index contributed by atoms with van der Waals surface area (Å²) in [5, 5.41) is 2.58. The van der Waals surface area contributed by atoms with Gasteiger partial charge >= 0.3 is 0 Å². The first kappa shape index (κ1) is 12.8. The van der Waals surface area contributed by atoms with Gasteiger partial charge in [-0.2, -0.15) is 0 Å². The fourth-order valence-electron chi connectivity index (χ4n) is 2.38. The quantitative estimate of drug-likeness (QED) is 0.907. The second kappa shape index (κ2) is 5.04. The van der Waals surface area contributed by atoms with Gasteiger partial charge in [0.25, 0.3) is 0 Å². The van der Waals surface area contributed by atoms with E-state index in [0.29, 0.717) is 6.42 Å². The van der Waals surface area contributed by atoms with Crippen molar-refractivity contribution in [1.29, 1.82) is 0 Å². The Morgan fingerprint density at radius 1 is 1.10 bits per heavy atom. The number of hydrogen-bond acceptors (Lipinski definition) is 1. The maximum Gasteiger partial charge on any atom is 0.228 e. The van der Waals surface area contributed by atoms with Crippen LogP contribution in [0.3, 0.4) is 0 Å². The Morgan fingerprint density at radius 3 is 2.65 bits per heavy atom. The fourth-order valence-corrected chi connectivity index (χ4v) is 2.38. The van der Waals surface area contributed by atoms with Gasteiger partial charge in [-0.3, -0.25) is 4.79 Å². The van der Waals surface area contributed by atoms with Crippen molar-refractivity contribution in [2.75, 3.05) is 5.32 Å². The maximum absolute atomic E-state index is 13.4. The van der Waals surface area contributed by atoms with Gasteiger partial charge in [0.05, 0.1) is 5.69 Å². The average Bonchev–Trinajstić information content (AvgIpc) is 3.22. The van der Waals surface area contributed by atoms with Crippen molar-refractivity contribution >= 4 is 11.6 Å². The number of hydrogen-bond donors (Lipinski definition) is 1. The number of para-hydroxylation sites is 1. The molecule has 0 bridgehead atoms. The van der Waals surface area contributed by atoms with Crippen LogP contribution in [0.25, 0.3) is 0 Å². The molecule has 1 aliphatic rings. The summed E-state index contributed by atoms with van der Waals surface area (Å²) in [5.74, 6) is -1.16. The zero-order valence-corrected chi connectivity index (χ0v) is 10.6. The van der Waals surface area contributed by atoms with E-state index in [1.165, 1.54) is 24.3 Å². The van der Waals surface area contributed by atoms with Crippen LogP contribution in [0.15, 0.2) is 48.5 Å². The molecule has 0 aliphatic heterocycles. The summed E-state index contributed by atoms with van der Waals surface area (Å²) in [6.07, 6.45) is 0.670. The highest BCUT2D eigenvalue weighted by molar-refractivity contribution is 5.95. The molecule has 20 heavy (non-hydrogen) atoms. The van der Waals surface area contributed by atoms with Crippen molar-refractivity contribution < 1.29 is 13.6 Å². The van der Waals surface area contributed by atoms with E-state index >= 15 is 0 Å². The predicted molar refractivity (Wildman–Crippen MR) is 72.3 cm³/mol. The zero-order valence-electron chi connectivity index (χ0n) is 10.6. The Bertz CT molecular complexity index is 656. The Labute approximate surface area is 115 Å². The summed E-state index contributed by atoms with van der Waals surface area (Å²) in [7, 11) is 0. The third kappa shape index (κ3) is 2.54. The number of carbonyl (C=O) groups is 1. The van der Waals surface area contributed by atoms with Crippen molar-refractivity contribution in [2.24, 2.45) is 5.92 Å². The minimum absolute atomic E-state index is 0.0254. The molecule has 0 saturated heterocycles. The van der Waals surface area contributed by atoms with Crippen LogP contribution in [-0.4, -0.2) is 5.91 Å². The summed E-state index contributed by atoms with van der Waals surface area (Å²) in [6.45, 7) is 0. The Morgan fingerprint density at radius 2 is 1.90 bits per heavy atom. The van der Waals surface area contributed by atoms with Gasteiger partial charge < -0.3 is 5.32 Å². The van der Waals surface area contributed by atoms with Gasteiger partial charge in [-0.05, 0) is 42.2 Å². The molecule has 1 N–H and O–H groups in total. The number of nitrogens with one attached hydrogen (secondary N) is 1. The summed E-state index contributed by atoms with van der Waals surface area (Å²) in [5.41, 5.74) is 1.00. The van der Waals surface area contributed by atoms with E-state index in [9.17, 15) is 13.6 Å². The summed E-state index contributed by atoms with van der Waals surface area (Å²) < 4.78 is 26.6. The van der Waals surface area contributed by atoms with Crippen LogP contribution >= 0.6 is 0 Å². The molecule has 0 spiro atoms. The van der Waals surface area contributed by atoms with E-state index in [2.05, 4.69) is 5.32 Å². The van der Waals surface area contributed by atoms with Gasteiger partial charge in [-0.1, -0.05) is 24.3 Å². The molecule has 4 heteroatoms. The van der Waals surface area contributed by atoms with Gasteiger partial charge in [-0.25, -0.2) is 8.78 Å². The van der Waals surface area contributed by atoms with Crippen molar-refractivity contribution in [2.45, 2.75) is 12.3 Å². The third-order valence-electron chi connectivity index (χ3n) is 3.54. The monoisotopic (exact) mass is 273 g/mol. The topological polar surface area (TPSA) is 29.1 Å². The third-order valence-corrected chi connectivity index (χ3v) is 3.54. The van der Waals surface area contributed by atoms with Crippen LogP contribution in [0.5, 0.6) is 0 Å². The van der Waals surface area contributed by atoms with Crippen LogP contribution in [0.2, 0.25) is 0 Å². The number of anilines is 1. The molecule has 1 fully saturated rings. The molecule has 0 unspecified atom stereocenters. The minimum atomic E-state index is -0.455. The molecule has 2 atom stereocenters. The van der Waals surface area contributed by atoms with Gasteiger partial charge in [0.15, 0.2) is 0 Å².